The SMILES string of the molecule is CC(C)CNCc1cc(N2CCCC2(C)C)ccn1. The number of hydrogen-bond acceptors (Lipinski definition) is 3. The van der Waals surface area contributed by atoms with Gasteiger partial charge in [-0.25, -0.2) is 0 Å². The molecule has 0 spiro atoms. The number of rotatable bonds is 5. The first-order valence-electron chi connectivity index (χ1n) is 7.42. The molecule has 2 heterocycles. The van der Waals surface area contributed by atoms with Gasteiger partial charge in [0.2, 0.25) is 0 Å². The third kappa shape index (κ3) is 3.69. The minimum atomic E-state index is 0.282. The van der Waals surface area contributed by atoms with Gasteiger partial charge in [-0.05, 0) is 51.3 Å². The molecule has 1 fully saturated rings. The molecule has 2 rings (SSSR count). The van der Waals surface area contributed by atoms with Crippen LogP contribution in [-0.4, -0.2) is 23.6 Å². The lowest BCUT2D eigenvalue weighted by atomic mass is 10.0. The van der Waals surface area contributed by atoms with Crippen LogP contribution in [-0.2, 0) is 6.54 Å². The zero-order chi connectivity index (χ0) is 13.9. The largest absolute Gasteiger partial charge is 0.366 e. The molecule has 0 amide bonds. The van der Waals surface area contributed by atoms with Crippen molar-refractivity contribution in [2.75, 3.05) is 18.0 Å². The lowest BCUT2D eigenvalue weighted by molar-refractivity contribution is 0.517. The summed E-state index contributed by atoms with van der Waals surface area (Å²) >= 11 is 0. The molecule has 0 aliphatic carbocycles. The normalized spacial score (nSPS) is 18.3. The number of hydrogen-bond donors (Lipinski definition) is 1. The Hall–Kier alpha value is -1.09. The van der Waals surface area contributed by atoms with E-state index in [4.69, 9.17) is 0 Å². The van der Waals surface area contributed by atoms with Crippen molar-refractivity contribution in [1.29, 1.82) is 0 Å². The van der Waals surface area contributed by atoms with Crippen LogP contribution in [0.2, 0.25) is 0 Å². The molecule has 1 aromatic heterocycles. The van der Waals surface area contributed by atoms with Crippen LogP contribution in [0.1, 0.15) is 46.2 Å². The van der Waals surface area contributed by atoms with Crippen molar-refractivity contribution < 1.29 is 0 Å². The van der Waals surface area contributed by atoms with Gasteiger partial charge in [-0.2, -0.15) is 0 Å². The molecular formula is C16H27N3. The van der Waals surface area contributed by atoms with Crippen LogP contribution in [0.15, 0.2) is 18.3 Å². The fraction of sp³-hybridized carbons (Fsp3) is 0.688. The number of anilines is 1. The Labute approximate surface area is 117 Å². The lowest BCUT2D eigenvalue weighted by Gasteiger charge is -2.33. The van der Waals surface area contributed by atoms with E-state index in [-0.39, 0.29) is 5.54 Å². The maximum Gasteiger partial charge on any atom is 0.0562 e. The Morgan fingerprint density at radius 1 is 1.42 bits per heavy atom. The van der Waals surface area contributed by atoms with Crippen molar-refractivity contribution in [3.63, 3.8) is 0 Å². The summed E-state index contributed by atoms with van der Waals surface area (Å²) in [6.07, 6.45) is 4.50. The predicted molar refractivity (Wildman–Crippen MR) is 81.4 cm³/mol. The van der Waals surface area contributed by atoms with Crippen LogP contribution in [0.5, 0.6) is 0 Å². The van der Waals surface area contributed by atoms with Crippen molar-refractivity contribution in [3.05, 3.63) is 24.0 Å². The van der Waals surface area contributed by atoms with E-state index in [2.05, 4.69) is 55.0 Å². The topological polar surface area (TPSA) is 28.2 Å². The van der Waals surface area contributed by atoms with E-state index in [1.165, 1.54) is 18.5 Å². The van der Waals surface area contributed by atoms with E-state index < -0.39 is 0 Å². The highest BCUT2D eigenvalue weighted by Gasteiger charge is 2.31. The molecule has 0 atom stereocenters. The van der Waals surface area contributed by atoms with Crippen LogP contribution in [0, 0.1) is 5.92 Å². The minimum Gasteiger partial charge on any atom is -0.366 e. The Kier molecular flexibility index (Phi) is 4.46. The first kappa shape index (κ1) is 14.3. The molecular weight excluding hydrogens is 234 g/mol. The van der Waals surface area contributed by atoms with Gasteiger partial charge >= 0.3 is 0 Å². The lowest BCUT2D eigenvalue weighted by Crippen LogP contribution is -2.38. The minimum absolute atomic E-state index is 0.282. The van der Waals surface area contributed by atoms with E-state index in [0.717, 1.165) is 25.3 Å². The smallest absolute Gasteiger partial charge is 0.0562 e. The van der Waals surface area contributed by atoms with Gasteiger partial charge in [-0.3, -0.25) is 4.98 Å². The molecule has 1 aliphatic rings. The van der Waals surface area contributed by atoms with Crippen LogP contribution in [0.25, 0.3) is 0 Å². The highest BCUT2D eigenvalue weighted by molar-refractivity contribution is 5.50. The van der Waals surface area contributed by atoms with Gasteiger partial charge < -0.3 is 10.2 Å². The van der Waals surface area contributed by atoms with Gasteiger partial charge in [0.05, 0.1) is 5.69 Å². The standard InChI is InChI=1S/C16H27N3/c1-13(2)11-17-12-14-10-15(6-8-18-14)19-9-5-7-16(19,3)4/h6,8,10,13,17H,5,7,9,11-12H2,1-4H3. The zero-order valence-electron chi connectivity index (χ0n) is 12.7. The van der Waals surface area contributed by atoms with Crippen molar-refractivity contribution in [2.24, 2.45) is 5.92 Å². The van der Waals surface area contributed by atoms with Gasteiger partial charge in [0.15, 0.2) is 0 Å². The Bertz CT molecular complexity index is 412. The fourth-order valence-electron chi connectivity index (χ4n) is 2.80. The van der Waals surface area contributed by atoms with Crippen LogP contribution in [0.4, 0.5) is 5.69 Å². The van der Waals surface area contributed by atoms with Crippen molar-refractivity contribution in [1.82, 2.24) is 10.3 Å². The third-order valence-electron chi connectivity index (χ3n) is 3.87. The molecule has 0 aromatic carbocycles. The fourth-order valence-corrected chi connectivity index (χ4v) is 2.80. The monoisotopic (exact) mass is 261 g/mol. The van der Waals surface area contributed by atoms with Crippen molar-refractivity contribution in [2.45, 2.75) is 52.6 Å². The van der Waals surface area contributed by atoms with Crippen molar-refractivity contribution >= 4 is 5.69 Å². The molecule has 0 unspecified atom stereocenters. The first-order chi connectivity index (χ1) is 8.99. The second-order valence-electron chi connectivity index (χ2n) is 6.60. The van der Waals surface area contributed by atoms with Gasteiger partial charge in [-0.15, -0.1) is 0 Å². The average molecular weight is 261 g/mol. The molecule has 0 saturated carbocycles. The van der Waals surface area contributed by atoms with Crippen LogP contribution >= 0.6 is 0 Å². The van der Waals surface area contributed by atoms with Crippen molar-refractivity contribution in [3.8, 4) is 0 Å². The highest BCUT2D eigenvalue weighted by atomic mass is 15.2. The van der Waals surface area contributed by atoms with E-state index in [1.54, 1.807) is 0 Å². The summed E-state index contributed by atoms with van der Waals surface area (Å²) in [6, 6.07) is 4.37. The number of aromatic nitrogens is 1. The molecule has 1 aromatic rings. The molecule has 0 radical (unpaired) electrons. The van der Waals surface area contributed by atoms with E-state index in [9.17, 15) is 0 Å². The number of pyridine rings is 1. The summed E-state index contributed by atoms with van der Waals surface area (Å²) in [4.78, 5) is 6.98. The molecule has 3 heteroatoms. The Morgan fingerprint density at radius 2 is 2.21 bits per heavy atom. The summed E-state index contributed by atoms with van der Waals surface area (Å²) < 4.78 is 0. The zero-order valence-corrected chi connectivity index (χ0v) is 12.7. The summed E-state index contributed by atoms with van der Waals surface area (Å²) in [5.41, 5.74) is 2.74. The number of nitrogens with zero attached hydrogens (tertiary/aromatic N) is 2. The predicted octanol–water partition coefficient (Wildman–Crippen LogP) is 3.21. The molecule has 19 heavy (non-hydrogen) atoms. The molecule has 1 N–H and O–H groups in total. The van der Waals surface area contributed by atoms with Gasteiger partial charge in [0.25, 0.3) is 0 Å². The van der Waals surface area contributed by atoms with Gasteiger partial charge in [-0.1, -0.05) is 13.8 Å². The van der Waals surface area contributed by atoms with E-state index in [0.29, 0.717) is 5.92 Å². The number of nitrogens with one attached hydrogen (secondary N) is 1. The van der Waals surface area contributed by atoms with E-state index >= 15 is 0 Å². The summed E-state index contributed by atoms with van der Waals surface area (Å²) in [5.74, 6) is 0.681. The molecule has 1 aliphatic heterocycles. The quantitative estimate of drug-likeness (QED) is 0.882. The molecule has 1 saturated heterocycles. The molecule has 106 valence electrons. The van der Waals surface area contributed by atoms with Gasteiger partial charge in [0, 0.05) is 30.5 Å². The Morgan fingerprint density at radius 3 is 2.84 bits per heavy atom. The maximum atomic E-state index is 4.47. The average Bonchev–Trinajstić information content (AvgIpc) is 2.69. The van der Waals surface area contributed by atoms with Crippen LogP contribution < -0.4 is 10.2 Å². The van der Waals surface area contributed by atoms with Gasteiger partial charge in [0.1, 0.15) is 0 Å². The van der Waals surface area contributed by atoms with E-state index in [1.807, 2.05) is 6.20 Å². The maximum absolute atomic E-state index is 4.47. The second kappa shape index (κ2) is 5.91. The second-order valence-corrected chi connectivity index (χ2v) is 6.60. The highest BCUT2D eigenvalue weighted by Crippen LogP contribution is 2.33. The molecule has 0 bridgehead atoms. The first-order valence-corrected chi connectivity index (χ1v) is 7.42. The molecule has 3 nitrogen and oxygen atoms in total. The summed E-state index contributed by atoms with van der Waals surface area (Å²) in [6.45, 7) is 12.2. The third-order valence-corrected chi connectivity index (χ3v) is 3.87. The Balaban J connectivity index is 2.03. The summed E-state index contributed by atoms with van der Waals surface area (Å²) in [7, 11) is 0. The van der Waals surface area contributed by atoms with Crippen LogP contribution in [0.3, 0.4) is 0 Å². The summed E-state index contributed by atoms with van der Waals surface area (Å²) in [5, 5.41) is 3.46.